The fourth-order valence-electron chi connectivity index (χ4n) is 4.26. The highest BCUT2D eigenvalue weighted by atomic mass is 16.6. The summed E-state index contributed by atoms with van der Waals surface area (Å²) in [5.74, 6) is 1.38. The van der Waals surface area contributed by atoms with Gasteiger partial charge in [0, 0.05) is 12.6 Å². The number of aryl methyl sites for hydroxylation is 2. The maximum absolute atomic E-state index is 12.4. The lowest BCUT2D eigenvalue weighted by Crippen LogP contribution is -2.44. The van der Waals surface area contributed by atoms with Gasteiger partial charge in [0.15, 0.2) is 0 Å². The number of amides is 1. The Labute approximate surface area is 148 Å². The molecule has 1 heterocycles. The summed E-state index contributed by atoms with van der Waals surface area (Å²) in [7, 11) is 0. The lowest BCUT2D eigenvalue weighted by Gasteiger charge is -2.41. The Kier molecular flexibility index (Phi) is 5.37. The molecular weight excluding hydrogens is 318 g/mol. The van der Waals surface area contributed by atoms with Crippen molar-refractivity contribution >= 4 is 17.3 Å². The van der Waals surface area contributed by atoms with Gasteiger partial charge in [-0.2, -0.15) is 0 Å². The summed E-state index contributed by atoms with van der Waals surface area (Å²) < 4.78 is 0. The molecule has 1 saturated carbocycles. The van der Waals surface area contributed by atoms with Crippen LogP contribution >= 0.6 is 0 Å². The Hall–Kier alpha value is -1.95. The first kappa shape index (κ1) is 17.9. The van der Waals surface area contributed by atoms with Gasteiger partial charge >= 0.3 is 0 Å². The molecule has 0 unspecified atom stereocenters. The van der Waals surface area contributed by atoms with E-state index >= 15 is 0 Å². The monoisotopic (exact) mass is 345 g/mol. The van der Waals surface area contributed by atoms with Crippen molar-refractivity contribution in [3.8, 4) is 0 Å². The van der Waals surface area contributed by atoms with Gasteiger partial charge in [0.1, 0.15) is 5.69 Å². The van der Waals surface area contributed by atoms with Gasteiger partial charge in [-0.25, -0.2) is 0 Å². The maximum atomic E-state index is 12.4. The minimum absolute atomic E-state index is 0.0394. The van der Waals surface area contributed by atoms with Crippen molar-refractivity contribution in [3.63, 3.8) is 0 Å². The van der Waals surface area contributed by atoms with Crippen molar-refractivity contribution in [2.75, 3.05) is 25.0 Å². The molecule has 2 atom stereocenters. The van der Waals surface area contributed by atoms with E-state index in [4.69, 9.17) is 0 Å². The van der Waals surface area contributed by atoms with Crippen molar-refractivity contribution in [1.29, 1.82) is 0 Å². The van der Waals surface area contributed by atoms with Crippen LogP contribution in [-0.2, 0) is 4.79 Å². The van der Waals surface area contributed by atoms with E-state index in [1.54, 1.807) is 6.07 Å². The van der Waals surface area contributed by atoms with E-state index in [-0.39, 0.29) is 11.6 Å². The number of nitrogens with zero attached hydrogens (tertiary/aromatic N) is 2. The number of likely N-dealkylation sites (tertiary alicyclic amines) is 1. The molecule has 2 aliphatic rings. The molecule has 1 aromatic rings. The van der Waals surface area contributed by atoms with Crippen LogP contribution in [0.25, 0.3) is 0 Å². The van der Waals surface area contributed by atoms with Gasteiger partial charge in [0.25, 0.3) is 5.69 Å². The minimum atomic E-state index is -0.435. The van der Waals surface area contributed by atoms with Crippen molar-refractivity contribution in [3.05, 3.63) is 33.4 Å². The smallest absolute Gasteiger partial charge is 0.293 e. The number of hydrogen-bond donors (Lipinski definition) is 1. The van der Waals surface area contributed by atoms with Gasteiger partial charge in [0.05, 0.1) is 11.5 Å². The third-order valence-electron chi connectivity index (χ3n) is 5.83. The Morgan fingerprint density at radius 2 is 1.88 bits per heavy atom. The summed E-state index contributed by atoms with van der Waals surface area (Å²) in [6, 6.07) is 3.22. The molecule has 2 fully saturated rings. The Morgan fingerprint density at radius 3 is 2.60 bits per heavy atom. The van der Waals surface area contributed by atoms with E-state index in [1.165, 1.54) is 38.2 Å². The molecule has 1 aliphatic carbocycles. The number of nitrogens with one attached hydrogen (secondary N) is 1. The molecule has 136 valence electrons. The molecule has 6 nitrogen and oxygen atoms in total. The topological polar surface area (TPSA) is 75.5 Å². The summed E-state index contributed by atoms with van der Waals surface area (Å²) in [5, 5.41) is 14.0. The lowest BCUT2D eigenvalue weighted by molar-refractivity contribution is -0.384. The zero-order chi connectivity index (χ0) is 18.0. The Bertz CT molecular complexity index is 674. The second-order valence-corrected chi connectivity index (χ2v) is 7.59. The minimum Gasteiger partial charge on any atom is -0.319 e. The molecule has 6 heteroatoms. The van der Waals surface area contributed by atoms with E-state index in [2.05, 4.69) is 10.2 Å². The largest absolute Gasteiger partial charge is 0.319 e. The number of nitro benzene ring substituents is 1. The zero-order valence-electron chi connectivity index (χ0n) is 15.1. The van der Waals surface area contributed by atoms with Crippen LogP contribution in [0.15, 0.2) is 12.1 Å². The highest BCUT2D eigenvalue weighted by molar-refractivity contribution is 5.94. The van der Waals surface area contributed by atoms with E-state index in [0.717, 1.165) is 30.1 Å². The number of fused-ring (bicyclic) bond motifs is 1. The first-order valence-corrected chi connectivity index (χ1v) is 9.22. The molecule has 1 aromatic carbocycles. The Morgan fingerprint density at radius 1 is 1.20 bits per heavy atom. The molecule has 0 radical (unpaired) electrons. The number of anilines is 1. The van der Waals surface area contributed by atoms with Gasteiger partial charge in [-0.15, -0.1) is 0 Å². The van der Waals surface area contributed by atoms with Gasteiger partial charge in [0.2, 0.25) is 5.91 Å². The van der Waals surface area contributed by atoms with E-state index in [9.17, 15) is 14.9 Å². The second-order valence-electron chi connectivity index (χ2n) is 7.59. The molecule has 0 aromatic heterocycles. The van der Waals surface area contributed by atoms with E-state index in [1.807, 2.05) is 13.8 Å². The molecule has 25 heavy (non-hydrogen) atoms. The normalized spacial score (nSPS) is 23.8. The van der Waals surface area contributed by atoms with E-state index < -0.39 is 4.92 Å². The average molecular weight is 345 g/mol. The molecule has 1 amide bonds. The van der Waals surface area contributed by atoms with Crippen molar-refractivity contribution in [1.82, 2.24) is 4.90 Å². The quantitative estimate of drug-likeness (QED) is 0.667. The Balaban J connectivity index is 1.63. The van der Waals surface area contributed by atoms with Crippen LogP contribution < -0.4 is 5.32 Å². The summed E-state index contributed by atoms with van der Waals surface area (Å²) in [6.45, 7) is 5.97. The number of piperidine rings is 1. The molecule has 0 bridgehead atoms. The van der Waals surface area contributed by atoms with Crippen LogP contribution in [0.3, 0.4) is 0 Å². The van der Waals surface area contributed by atoms with Crippen molar-refractivity contribution in [2.45, 2.75) is 46.0 Å². The number of benzene rings is 1. The maximum Gasteiger partial charge on any atom is 0.293 e. The third kappa shape index (κ3) is 4.18. The average Bonchev–Trinajstić information content (AvgIpc) is 2.57. The standard InChI is InChI=1S/C19H27N3O3/c1-13-9-17(18(22(24)25)10-14(13)2)20-19(23)12-21-8-7-15-5-3-4-6-16(15)11-21/h9-10,15-16H,3-8,11-12H2,1-2H3,(H,20,23)/t15-,16+/m0/s1. The van der Waals surface area contributed by atoms with Gasteiger partial charge in [-0.1, -0.05) is 19.3 Å². The van der Waals surface area contributed by atoms with Gasteiger partial charge < -0.3 is 5.32 Å². The third-order valence-corrected chi connectivity index (χ3v) is 5.83. The molecule has 3 rings (SSSR count). The SMILES string of the molecule is Cc1cc(NC(=O)CN2CC[C@@H]3CCCC[C@@H]3C2)c([N+](=O)[O-])cc1C. The zero-order valence-corrected chi connectivity index (χ0v) is 15.1. The fraction of sp³-hybridized carbons (Fsp3) is 0.632. The van der Waals surface area contributed by atoms with Crippen LogP contribution in [0, 0.1) is 35.8 Å². The fourth-order valence-corrected chi connectivity index (χ4v) is 4.26. The van der Waals surface area contributed by atoms with Crippen LogP contribution in [-0.4, -0.2) is 35.4 Å². The molecular formula is C19H27N3O3. The highest BCUT2D eigenvalue weighted by Gasteiger charge is 2.31. The first-order chi connectivity index (χ1) is 11.9. The van der Waals surface area contributed by atoms with Crippen LogP contribution in [0.5, 0.6) is 0 Å². The van der Waals surface area contributed by atoms with Crippen LogP contribution in [0.4, 0.5) is 11.4 Å². The summed E-state index contributed by atoms with van der Waals surface area (Å²) >= 11 is 0. The van der Waals surface area contributed by atoms with Gasteiger partial charge in [-0.3, -0.25) is 19.8 Å². The number of rotatable bonds is 4. The summed E-state index contributed by atoms with van der Waals surface area (Å²) in [6.07, 6.45) is 6.42. The van der Waals surface area contributed by atoms with Crippen molar-refractivity contribution in [2.24, 2.45) is 11.8 Å². The number of carbonyl (C=O) groups is 1. The molecule has 0 spiro atoms. The lowest BCUT2D eigenvalue weighted by atomic mass is 9.75. The molecule has 1 aliphatic heterocycles. The highest BCUT2D eigenvalue weighted by Crippen LogP contribution is 2.36. The number of hydrogen-bond acceptors (Lipinski definition) is 4. The second kappa shape index (κ2) is 7.52. The molecule has 1 N–H and O–H groups in total. The van der Waals surface area contributed by atoms with Gasteiger partial charge in [-0.05, 0) is 62.3 Å². The van der Waals surface area contributed by atoms with Crippen LogP contribution in [0.2, 0.25) is 0 Å². The van der Waals surface area contributed by atoms with E-state index in [0.29, 0.717) is 18.2 Å². The summed E-state index contributed by atoms with van der Waals surface area (Å²) in [4.78, 5) is 25.5. The first-order valence-electron chi connectivity index (χ1n) is 9.22. The van der Waals surface area contributed by atoms with Crippen molar-refractivity contribution < 1.29 is 9.72 Å². The number of nitro groups is 1. The van der Waals surface area contributed by atoms with Crippen LogP contribution in [0.1, 0.15) is 43.2 Å². The predicted molar refractivity (Wildman–Crippen MR) is 97.7 cm³/mol. The predicted octanol–water partition coefficient (Wildman–Crippen LogP) is 3.66. The summed E-state index contributed by atoms with van der Waals surface area (Å²) in [5.41, 5.74) is 2.04. The number of carbonyl (C=O) groups excluding carboxylic acids is 1. The molecule has 1 saturated heterocycles.